The van der Waals surface area contributed by atoms with Gasteiger partial charge in [0.25, 0.3) is 0 Å². The van der Waals surface area contributed by atoms with Gasteiger partial charge in [-0.15, -0.1) is 10.2 Å². The van der Waals surface area contributed by atoms with Gasteiger partial charge in [0, 0.05) is 11.8 Å². The standard InChI is InChI=1S/C19H19F2N5O2/c1-4-15(12-8-7-11(17(27)28)10-14(12)21)25-26-18(22)24-19(2,3)16-13(20)6-5-9-23-16/h4-10H,1H2,2-3H3,(H,27,28)(H3,22,24,26)/b25-15+. The number of pyridine rings is 1. The maximum atomic E-state index is 14.2. The van der Waals surface area contributed by atoms with Crippen LogP contribution in [0, 0.1) is 11.6 Å². The Balaban J connectivity index is 2.28. The zero-order valence-corrected chi connectivity index (χ0v) is 15.3. The molecule has 0 amide bonds. The molecule has 0 spiro atoms. The van der Waals surface area contributed by atoms with E-state index in [0.717, 1.165) is 6.07 Å². The van der Waals surface area contributed by atoms with Gasteiger partial charge in [-0.05, 0) is 50.3 Å². The monoisotopic (exact) mass is 387 g/mol. The summed E-state index contributed by atoms with van der Waals surface area (Å²) in [5, 5.41) is 19.3. The number of nitrogens with two attached hydrogens (primary N) is 1. The minimum absolute atomic E-state index is 0.00609. The minimum atomic E-state index is -1.25. The van der Waals surface area contributed by atoms with Gasteiger partial charge in [0.15, 0.2) is 0 Å². The molecule has 0 aliphatic carbocycles. The second kappa shape index (κ2) is 8.38. The van der Waals surface area contributed by atoms with Crippen molar-refractivity contribution in [2.24, 2.45) is 15.9 Å². The van der Waals surface area contributed by atoms with E-state index in [1.165, 1.54) is 36.5 Å². The second-order valence-corrected chi connectivity index (χ2v) is 6.26. The Labute approximate surface area is 160 Å². The predicted molar refractivity (Wildman–Crippen MR) is 102 cm³/mol. The minimum Gasteiger partial charge on any atom is -0.478 e. The van der Waals surface area contributed by atoms with Crippen LogP contribution in [0.15, 0.2) is 59.4 Å². The highest BCUT2D eigenvalue weighted by Gasteiger charge is 2.26. The highest BCUT2D eigenvalue weighted by Crippen LogP contribution is 2.20. The molecule has 1 aromatic carbocycles. The predicted octanol–water partition coefficient (Wildman–Crippen LogP) is 2.79. The van der Waals surface area contributed by atoms with Gasteiger partial charge in [-0.3, -0.25) is 4.98 Å². The van der Waals surface area contributed by atoms with Crippen LogP contribution in [0.4, 0.5) is 8.78 Å². The molecule has 1 heterocycles. The molecule has 0 saturated heterocycles. The maximum absolute atomic E-state index is 14.2. The number of hydrogen-bond acceptors (Lipinski definition) is 4. The summed E-state index contributed by atoms with van der Waals surface area (Å²) >= 11 is 0. The second-order valence-electron chi connectivity index (χ2n) is 6.26. The summed E-state index contributed by atoms with van der Waals surface area (Å²) < 4.78 is 28.1. The van der Waals surface area contributed by atoms with E-state index in [9.17, 15) is 13.6 Å². The topological polar surface area (TPSA) is 113 Å². The van der Waals surface area contributed by atoms with Crippen LogP contribution in [0.3, 0.4) is 0 Å². The number of carboxylic acids is 1. The molecular weight excluding hydrogens is 368 g/mol. The summed E-state index contributed by atoms with van der Waals surface area (Å²) in [7, 11) is 0. The molecule has 2 rings (SSSR count). The van der Waals surface area contributed by atoms with Crippen molar-refractivity contribution in [2.75, 3.05) is 0 Å². The number of carbonyl (C=O) groups is 1. The summed E-state index contributed by atoms with van der Waals surface area (Å²) in [6.45, 7) is 6.86. The first kappa shape index (κ1) is 20.7. The highest BCUT2D eigenvalue weighted by atomic mass is 19.1. The Bertz CT molecular complexity index is 971. The average molecular weight is 387 g/mol. The number of allylic oxidation sites excluding steroid dienone is 1. The van der Waals surface area contributed by atoms with Crippen LogP contribution in [0.5, 0.6) is 0 Å². The van der Waals surface area contributed by atoms with Crippen molar-refractivity contribution in [3.63, 3.8) is 0 Å². The van der Waals surface area contributed by atoms with Gasteiger partial charge >= 0.3 is 5.97 Å². The number of aromatic nitrogens is 1. The molecule has 4 N–H and O–H groups in total. The van der Waals surface area contributed by atoms with E-state index in [2.05, 4.69) is 27.1 Å². The quantitative estimate of drug-likeness (QED) is 0.401. The number of aromatic carboxylic acids is 1. The fourth-order valence-electron chi connectivity index (χ4n) is 2.42. The van der Waals surface area contributed by atoms with Gasteiger partial charge in [0.2, 0.25) is 5.96 Å². The number of benzene rings is 1. The van der Waals surface area contributed by atoms with Crippen molar-refractivity contribution < 1.29 is 18.7 Å². The molecule has 146 valence electrons. The summed E-state index contributed by atoms with van der Waals surface area (Å²) in [4.78, 5) is 14.9. The fraction of sp³-hybridized carbons (Fsp3) is 0.158. The maximum Gasteiger partial charge on any atom is 0.335 e. The normalized spacial score (nSPS) is 12.6. The van der Waals surface area contributed by atoms with Gasteiger partial charge in [-0.1, -0.05) is 6.58 Å². The SMILES string of the molecule is C=C/C(=N\N=C(/N)NC(C)(C)c1ncccc1F)c1ccc(C(=O)O)cc1F. The van der Waals surface area contributed by atoms with Gasteiger partial charge in [0.05, 0.1) is 16.8 Å². The Morgan fingerprint density at radius 1 is 1.29 bits per heavy atom. The lowest BCUT2D eigenvalue weighted by Crippen LogP contribution is -2.46. The fourth-order valence-corrected chi connectivity index (χ4v) is 2.42. The number of guanidine groups is 1. The zero-order chi connectivity index (χ0) is 20.9. The lowest BCUT2D eigenvalue weighted by molar-refractivity contribution is 0.0696. The van der Waals surface area contributed by atoms with Gasteiger partial charge in [-0.25, -0.2) is 13.6 Å². The molecular formula is C19H19F2N5O2. The molecule has 0 aliphatic rings. The Morgan fingerprint density at radius 3 is 2.57 bits per heavy atom. The molecule has 0 bridgehead atoms. The van der Waals surface area contributed by atoms with Crippen LogP contribution in [0.25, 0.3) is 0 Å². The lowest BCUT2D eigenvalue weighted by Gasteiger charge is -2.26. The number of nitrogens with one attached hydrogen (secondary N) is 1. The van der Waals surface area contributed by atoms with Crippen LogP contribution >= 0.6 is 0 Å². The first-order chi connectivity index (χ1) is 13.2. The Hall–Kier alpha value is -3.62. The van der Waals surface area contributed by atoms with Crippen molar-refractivity contribution in [3.05, 3.63) is 77.6 Å². The molecule has 0 aliphatic heterocycles. The van der Waals surface area contributed by atoms with Crippen molar-refractivity contribution >= 4 is 17.6 Å². The van der Waals surface area contributed by atoms with E-state index in [0.29, 0.717) is 0 Å². The largest absolute Gasteiger partial charge is 0.478 e. The average Bonchev–Trinajstić information content (AvgIpc) is 2.62. The molecule has 0 radical (unpaired) electrons. The number of nitrogens with zero attached hydrogens (tertiary/aromatic N) is 3. The Kier molecular flexibility index (Phi) is 6.19. The zero-order valence-electron chi connectivity index (χ0n) is 15.3. The lowest BCUT2D eigenvalue weighted by atomic mass is 9.99. The first-order valence-corrected chi connectivity index (χ1v) is 8.11. The van der Waals surface area contributed by atoms with E-state index >= 15 is 0 Å². The van der Waals surface area contributed by atoms with Crippen LogP contribution in [-0.4, -0.2) is 27.7 Å². The van der Waals surface area contributed by atoms with Crippen LogP contribution < -0.4 is 11.1 Å². The van der Waals surface area contributed by atoms with Crippen LogP contribution in [0.1, 0.15) is 35.5 Å². The van der Waals surface area contributed by atoms with Gasteiger partial charge in [0.1, 0.15) is 17.3 Å². The van der Waals surface area contributed by atoms with Crippen molar-refractivity contribution in [1.29, 1.82) is 0 Å². The van der Waals surface area contributed by atoms with E-state index in [4.69, 9.17) is 10.8 Å². The van der Waals surface area contributed by atoms with Crippen molar-refractivity contribution in [3.8, 4) is 0 Å². The van der Waals surface area contributed by atoms with E-state index in [-0.39, 0.29) is 28.5 Å². The van der Waals surface area contributed by atoms with Gasteiger partial charge < -0.3 is 16.2 Å². The molecule has 9 heteroatoms. The summed E-state index contributed by atoms with van der Waals surface area (Å²) in [5.74, 6) is -2.71. The van der Waals surface area contributed by atoms with E-state index in [1.54, 1.807) is 13.8 Å². The highest BCUT2D eigenvalue weighted by molar-refractivity contribution is 6.09. The third-order valence-corrected chi connectivity index (χ3v) is 3.74. The Morgan fingerprint density at radius 2 is 2.00 bits per heavy atom. The molecule has 7 nitrogen and oxygen atoms in total. The first-order valence-electron chi connectivity index (χ1n) is 8.11. The summed E-state index contributed by atoms with van der Waals surface area (Å²) in [5.41, 5.74) is 4.80. The molecule has 0 atom stereocenters. The molecule has 0 fully saturated rings. The van der Waals surface area contributed by atoms with Crippen molar-refractivity contribution in [1.82, 2.24) is 10.3 Å². The molecule has 28 heavy (non-hydrogen) atoms. The third kappa shape index (κ3) is 4.76. The van der Waals surface area contributed by atoms with Crippen LogP contribution in [-0.2, 0) is 5.54 Å². The number of carboxylic acid groups (broad SMARTS) is 1. The van der Waals surface area contributed by atoms with E-state index in [1.807, 2.05) is 0 Å². The van der Waals surface area contributed by atoms with Gasteiger partial charge in [-0.2, -0.15) is 0 Å². The molecule has 2 aromatic rings. The third-order valence-electron chi connectivity index (χ3n) is 3.74. The molecule has 0 saturated carbocycles. The number of hydrogen-bond donors (Lipinski definition) is 3. The summed E-state index contributed by atoms with van der Waals surface area (Å²) in [6.07, 6.45) is 2.70. The molecule has 1 aromatic heterocycles. The summed E-state index contributed by atoms with van der Waals surface area (Å²) in [6, 6.07) is 6.10. The van der Waals surface area contributed by atoms with Crippen LogP contribution in [0.2, 0.25) is 0 Å². The number of halogens is 2. The number of rotatable bonds is 6. The van der Waals surface area contributed by atoms with Crippen molar-refractivity contribution in [2.45, 2.75) is 19.4 Å². The smallest absolute Gasteiger partial charge is 0.335 e. The molecule has 0 unspecified atom stereocenters. The van der Waals surface area contributed by atoms with E-state index < -0.39 is 23.1 Å².